The molecule has 0 bridgehead atoms. The highest BCUT2D eigenvalue weighted by Gasteiger charge is 2.30. The van der Waals surface area contributed by atoms with Gasteiger partial charge in [-0.25, -0.2) is 9.13 Å². The Labute approximate surface area is 632 Å². The topological polar surface area (TPSA) is 237 Å². The molecule has 0 saturated heterocycles. The Morgan fingerprint density at radius 2 is 0.500 bits per heavy atom. The van der Waals surface area contributed by atoms with E-state index in [2.05, 4.69) is 137 Å². The lowest BCUT2D eigenvalue weighted by atomic mass is 10.0. The summed E-state index contributed by atoms with van der Waals surface area (Å²) in [6, 6.07) is 0. The predicted molar refractivity (Wildman–Crippen MR) is 427 cm³/mol. The summed E-state index contributed by atoms with van der Waals surface area (Å²) in [6.45, 7) is 4.69. The van der Waals surface area contributed by atoms with E-state index in [0.29, 0.717) is 25.7 Å². The Bertz CT molecular complexity index is 2390. The third-order valence-corrected chi connectivity index (χ3v) is 19.1. The number of allylic oxidation sites excluding steroid dienone is 18. The zero-order chi connectivity index (χ0) is 76.0. The van der Waals surface area contributed by atoms with E-state index in [1.807, 2.05) is 0 Å². The molecule has 0 spiro atoms. The molecule has 0 fully saturated rings. The average Bonchev–Trinajstić information content (AvgIpc) is 0.939. The summed E-state index contributed by atoms with van der Waals surface area (Å²) in [5.41, 5.74) is 0. The molecule has 0 aromatic heterocycles. The molecule has 0 aromatic carbocycles. The largest absolute Gasteiger partial charge is 0.472 e. The van der Waals surface area contributed by atoms with E-state index in [4.69, 9.17) is 37.0 Å². The summed E-state index contributed by atoms with van der Waals surface area (Å²) < 4.78 is 68.7. The van der Waals surface area contributed by atoms with Crippen molar-refractivity contribution in [3.63, 3.8) is 0 Å². The summed E-state index contributed by atoms with van der Waals surface area (Å²) >= 11 is 0. The number of phosphoric ester groups is 2. The van der Waals surface area contributed by atoms with Crippen LogP contribution in [0.15, 0.2) is 109 Å². The summed E-state index contributed by atoms with van der Waals surface area (Å²) in [6.07, 6.45) is 83.4. The van der Waals surface area contributed by atoms with Crippen molar-refractivity contribution in [2.45, 2.75) is 367 Å². The highest BCUT2D eigenvalue weighted by molar-refractivity contribution is 7.47. The van der Waals surface area contributed by atoms with Crippen LogP contribution in [0.4, 0.5) is 0 Å². The monoisotopic (exact) mass is 1500 g/mol. The summed E-state index contributed by atoms with van der Waals surface area (Å²) in [7, 11) is -9.97. The Morgan fingerprint density at radius 1 is 0.279 bits per heavy atom. The first kappa shape index (κ1) is 99.7. The van der Waals surface area contributed by atoms with E-state index < -0.39 is 97.5 Å². The minimum absolute atomic E-state index is 0.0726. The molecule has 17 nitrogen and oxygen atoms in total. The molecule has 3 N–H and O–H groups in total. The highest BCUT2D eigenvalue weighted by atomic mass is 31.2. The third-order valence-electron chi connectivity index (χ3n) is 17.2. The summed E-state index contributed by atoms with van der Waals surface area (Å²) in [5.74, 6) is -2.21. The Balaban J connectivity index is 5.37. The lowest BCUT2D eigenvalue weighted by molar-refractivity contribution is -0.161. The van der Waals surface area contributed by atoms with Crippen LogP contribution < -0.4 is 0 Å². The van der Waals surface area contributed by atoms with E-state index in [9.17, 15) is 43.2 Å². The Kier molecular flexibility index (Phi) is 73.7. The fraction of sp³-hybridized carbons (Fsp3) is 0.741. The molecule has 5 atom stereocenters. The van der Waals surface area contributed by atoms with Gasteiger partial charge in [-0.3, -0.25) is 37.3 Å². The van der Waals surface area contributed by atoms with Gasteiger partial charge in [0.15, 0.2) is 12.2 Å². The van der Waals surface area contributed by atoms with Crippen LogP contribution in [0.1, 0.15) is 349 Å². The number of hydrogen-bond acceptors (Lipinski definition) is 15. The molecule has 0 heterocycles. The molecule has 0 aliphatic heterocycles. The van der Waals surface area contributed by atoms with Gasteiger partial charge >= 0.3 is 39.5 Å². The van der Waals surface area contributed by atoms with Crippen molar-refractivity contribution in [3.8, 4) is 0 Å². The second-order valence-corrected chi connectivity index (χ2v) is 30.2. The second-order valence-electron chi connectivity index (χ2n) is 27.3. The van der Waals surface area contributed by atoms with Gasteiger partial charge in [-0.1, -0.05) is 298 Å². The maximum atomic E-state index is 13.1. The zero-order valence-electron chi connectivity index (χ0n) is 65.7. The number of aliphatic hydroxyl groups is 1. The molecule has 19 heteroatoms. The summed E-state index contributed by atoms with van der Waals surface area (Å²) in [5, 5.41) is 10.6. The van der Waals surface area contributed by atoms with E-state index in [0.717, 1.165) is 180 Å². The maximum absolute atomic E-state index is 13.1. The number of carbonyl (C=O) groups is 4. The lowest BCUT2D eigenvalue weighted by Gasteiger charge is -2.21. The van der Waals surface area contributed by atoms with Crippen LogP contribution in [0.3, 0.4) is 0 Å². The van der Waals surface area contributed by atoms with Crippen molar-refractivity contribution in [3.05, 3.63) is 109 Å². The van der Waals surface area contributed by atoms with Gasteiger partial charge in [-0.05, 0) is 135 Å². The Hall–Kier alpha value is -4.28. The molecule has 0 saturated carbocycles. The van der Waals surface area contributed by atoms with Gasteiger partial charge in [0.05, 0.1) is 26.4 Å². The third kappa shape index (κ3) is 75.9. The number of rotatable bonds is 77. The van der Waals surface area contributed by atoms with Crippen LogP contribution in [0.5, 0.6) is 0 Å². The van der Waals surface area contributed by atoms with E-state index >= 15 is 0 Å². The van der Waals surface area contributed by atoms with Crippen LogP contribution in [-0.2, 0) is 65.4 Å². The quantitative estimate of drug-likeness (QED) is 0.0169. The maximum Gasteiger partial charge on any atom is 0.472 e. The first-order valence-corrected chi connectivity index (χ1v) is 44.1. The average molecular weight is 1500 g/mol. The SMILES string of the molecule is CC/C=C\C/C=C\C/C=C\C/C=C\CCCCCCC(=O)OCC(COP(=O)(O)OCC(O)COP(=O)(O)OCC(COC(=O)CCCCCCCC/C=C\C/C=C\C/C=C\CCCCC)OC(=O)CCCCCCCCCCCCCCC)OC(=O)CCCCCCC/C=C\C/C=C\CCCCC. The van der Waals surface area contributed by atoms with Crippen LogP contribution in [-0.4, -0.2) is 96.7 Å². The number of ether oxygens (including phenoxy) is 4. The molecule has 0 aliphatic rings. The molecule has 0 aliphatic carbocycles. The zero-order valence-corrected chi connectivity index (χ0v) is 67.5. The van der Waals surface area contributed by atoms with Gasteiger partial charge in [0, 0.05) is 25.7 Å². The molecule has 5 unspecified atom stereocenters. The second kappa shape index (κ2) is 76.9. The van der Waals surface area contributed by atoms with Crippen molar-refractivity contribution in [1.82, 2.24) is 0 Å². The lowest BCUT2D eigenvalue weighted by Crippen LogP contribution is -2.30. The number of hydrogen-bond donors (Lipinski definition) is 3. The molecule has 600 valence electrons. The molecule has 0 rings (SSSR count). The first-order chi connectivity index (χ1) is 50.7. The Morgan fingerprint density at radius 3 is 0.788 bits per heavy atom. The number of aliphatic hydroxyl groups excluding tert-OH is 1. The molecule has 0 radical (unpaired) electrons. The molecular weight excluding hydrogens is 1350 g/mol. The van der Waals surface area contributed by atoms with Crippen molar-refractivity contribution in [1.29, 1.82) is 0 Å². The fourth-order valence-electron chi connectivity index (χ4n) is 11.0. The van der Waals surface area contributed by atoms with Crippen LogP contribution >= 0.6 is 15.6 Å². The van der Waals surface area contributed by atoms with Crippen molar-refractivity contribution in [2.75, 3.05) is 39.6 Å². The highest BCUT2D eigenvalue weighted by Crippen LogP contribution is 2.45. The van der Waals surface area contributed by atoms with Gasteiger partial charge in [0.1, 0.15) is 19.3 Å². The molecular formula is C85H148O17P2. The van der Waals surface area contributed by atoms with Crippen LogP contribution in [0.25, 0.3) is 0 Å². The summed E-state index contributed by atoms with van der Waals surface area (Å²) in [4.78, 5) is 73.1. The standard InChI is InChI=1S/C85H148O17P2/c1-5-9-13-17-21-25-29-33-36-38-39-41-44-47-50-54-58-62-66-70-83(88)95-75-80(101-84(89)71-67-63-59-55-51-45-32-28-24-20-16-12-8-4)77-99-103(91,92)97-73-79(86)74-98-104(93,94)100-78-81(102-85(90)72-68-64-60-56-52-48-42-35-31-27-23-19-15-11-7-3)76-96-82(87)69-65-61-57-53-49-46-43-40-37-34-30-26-22-18-14-10-6-2/h10,14,21-23,25-27,33-37,39,41-43,46,79-81,86H,5-9,11-13,15-20,24,28-32,38,40,44-45,47-78H2,1-4H3,(H,91,92)(H,93,94)/b14-10-,25-21-,26-22-,27-23-,36-33-,37-34-,41-39-,42-35-,46-43-. The molecule has 104 heavy (non-hydrogen) atoms. The van der Waals surface area contributed by atoms with E-state index in [1.165, 1.54) is 89.9 Å². The van der Waals surface area contributed by atoms with Crippen molar-refractivity contribution in [2.24, 2.45) is 0 Å². The smallest absolute Gasteiger partial charge is 0.462 e. The van der Waals surface area contributed by atoms with Gasteiger partial charge < -0.3 is 33.8 Å². The first-order valence-electron chi connectivity index (χ1n) is 41.1. The van der Waals surface area contributed by atoms with Gasteiger partial charge in [-0.15, -0.1) is 0 Å². The van der Waals surface area contributed by atoms with Gasteiger partial charge in [-0.2, -0.15) is 0 Å². The minimum Gasteiger partial charge on any atom is -0.462 e. The van der Waals surface area contributed by atoms with Gasteiger partial charge in [0.2, 0.25) is 0 Å². The fourth-order valence-corrected chi connectivity index (χ4v) is 12.5. The number of carbonyl (C=O) groups excluding carboxylic acids is 4. The number of phosphoric acid groups is 2. The van der Waals surface area contributed by atoms with Crippen LogP contribution in [0.2, 0.25) is 0 Å². The molecule has 0 aromatic rings. The normalized spacial score (nSPS) is 14.4. The van der Waals surface area contributed by atoms with Crippen molar-refractivity contribution >= 4 is 39.5 Å². The minimum atomic E-state index is -4.99. The van der Waals surface area contributed by atoms with Crippen molar-refractivity contribution < 1.29 is 80.2 Å². The van der Waals surface area contributed by atoms with Crippen LogP contribution in [0, 0.1) is 0 Å². The number of unbranched alkanes of at least 4 members (excludes halogenated alkanes) is 33. The number of esters is 4. The molecule has 0 amide bonds. The van der Waals surface area contributed by atoms with E-state index in [1.54, 1.807) is 0 Å². The van der Waals surface area contributed by atoms with Gasteiger partial charge in [0.25, 0.3) is 0 Å². The van der Waals surface area contributed by atoms with E-state index in [-0.39, 0.29) is 25.7 Å². The predicted octanol–water partition coefficient (Wildman–Crippen LogP) is 24.1.